The van der Waals surface area contributed by atoms with Gasteiger partial charge in [-0.25, -0.2) is 0 Å². The van der Waals surface area contributed by atoms with Crippen molar-refractivity contribution in [3.8, 4) is 0 Å². The van der Waals surface area contributed by atoms with Gasteiger partial charge in [0.1, 0.15) is 0 Å². The lowest BCUT2D eigenvalue weighted by Gasteiger charge is -2.15. The second-order valence-corrected chi connectivity index (χ2v) is 2.91. The third-order valence-electron chi connectivity index (χ3n) is 1.36. The largest absolute Gasteiger partial charge is 0.361 e. The van der Waals surface area contributed by atoms with Crippen molar-refractivity contribution in [3.05, 3.63) is 0 Å². The van der Waals surface area contributed by atoms with Gasteiger partial charge >= 0.3 is 0 Å². The van der Waals surface area contributed by atoms with Gasteiger partial charge in [0.2, 0.25) is 0 Å². The molecule has 9 heavy (non-hydrogen) atoms. The van der Waals surface area contributed by atoms with Crippen LogP contribution in [0.4, 0.5) is 0 Å². The van der Waals surface area contributed by atoms with E-state index in [-0.39, 0.29) is 0 Å². The van der Waals surface area contributed by atoms with Crippen LogP contribution in [0.2, 0.25) is 0 Å². The zero-order chi connectivity index (χ0) is 6.69. The average Bonchev–Trinajstić information content (AvgIpc) is 2.15. The van der Waals surface area contributed by atoms with Crippen molar-refractivity contribution in [3.63, 3.8) is 0 Å². The molecule has 0 radical (unpaired) electrons. The molecule has 2 nitrogen and oxygen atoms in total. The molecular formula is C7H14N2. The molecule has 0 atom stereocenters. The van der Waals surface area contributed by atoms with E-state index in [2.05, 4.69) is 23.7 Å². The van der Waals surface area contributed by atoms with Gasteiger partial charge in [-0.2, -0.15) is 0 Å². The fourth-order valence-electron chi connectivity index (χ4n) is 1.02. The van der Waals surface area contributed by atoms with Gasteiger partial charge in [0, 0.05) is 13.1 Å². The van der Waals surface area contributed by atoms with E-state index >= 15 is 0 Å². The van der Waals surface area contributed by atoms with Gasteiger partial charge in [-0.05, 0) is 5.92 Å². The number of aliphatic imine (C=N–C) groups is 1. The van der Waals surface area contributed by atoms with Crippen LogP contribution in [-0.2, 0) is 0 Å². The maximum absolute atomic E-state index is 4.12. The summed E-state index contributed by atoms with van der Waals surface area (Å²) in [5.41, 5.74) is 0. The van der Waals surface area contributed by atoms with Gasteiger partial charge in [0.15, 0.2) is 0 Å². The van der Waals surface area contributed by atoms with Gasteiger partial charge in [0.05, 0.1) is 12.9 Å². The number of hydrogen-bond donors (Lipinski definition) is 0. The van der Waals surface area contributed by atoms with Gasteiger partial charge in [-0.15, -0.1) is 0 Å². The van der Waals surface area contributed by atoms with E-state index in [1.54, 1.807) is 0 Å². The van der Waals surface area contributed by atoms with Gasteiger partial charge in [0.25, 0.3) is 0 Å². The summed E-state index contributed by atoms with van der Waals surface area (Å²) in [7, 11) is 0. The van der Waals surface area contributed by atoms with Gasteiger partial charge < -0.3 is 4.90 Å². The Morgan fingerprint density at radius 2 is 2.44 bits per heavy atom. The molecule has 52 valence electrons. The molecule has 0 aromatic rings. The summed E-state index contributed by atoms with van der Waals surface area (Å²) in [6, 6.07) is 0. The Bertz CT molecular complexity index is 107. The second-order valence-electron chi connectivity index (χ2n) is 2.91. The Labute approximate surface area is 56.6 Å². The van der Waals surface area contributed by atoms with Crippen molar-refractivity contribution < 1.29 is 0 Å². The molecule has 0 saturated carbocycles. The molecule has 1 aliphatic heterocycles. The summed E-state index contributed by atoms with van der Waals surface area (Å²) in [4.78, 5) is 6.39. The van der Waals surface area contributed by atoms with Crippen LogP contribution in [0.3, 0.4) is 0 Å². The second kappa shape index (κ2) is 2.85. The Kier molecular flexibility index (Phi) is 2.09. The lowest BCUT2D eigenvalue weighted by atomic mass is 10.2. The van der Waals surface area contributed by atoms with Gasteiger partial charge in [-0.3, -0.25) is 4.99 Å². The Balaban J connectivity index is 2.20. The number of rotatable bonds is 2. The van der Waals surface area contributed by atoms with Crippen molar-refractivity contribution in [1.82, 2.24) is 4.90 Å². The zero-order valence-electron chi connectivity index (χ0n) is 6.17. The molecular weight excluding hydrogens is 112 g/mol. The normalized spacial score (nSPS) is 17.9. The van der Waals surface area contributed by atoms with Crippen LogP contribution in [0.25, 0.3) is 0 Å². The predicted octanol–water partition coefficient (Wildman–Crippen LogP) is 0.986. The van der Waals surface area contributed by atoms with E-state index in [4.69, 9.17) is 0 Å². The third kappa shape index (κ3) is 2.04. The summed E-state index contributed by atoms with van der Waals surface area (Å²) in [6.45, 7) is 7.73. The lowest BCUT2D eigenvalue weighted by molar-refractivity contribution is 0.401. The molecule has 0 unspecified atom stereocenters. The molecule has 0 N–H and O–H groups in total. The fraction of sp³-hybridized carbons (Fsp3) is 0.857. The van der Waals surface area contributed by atoms with Crippen LogP contribution in [0, 0.1) is 5.92 Å². The standard InChI is InChI=1S/C7H14N2/c1-7(2)5-9-4-3-8-6-9/h6-7H,3-5H2,1-2H3. The maximum Gasteiger partial charge on any atom is 0.0851 e. The van der Waals surface area contributed by atoms with Crippen LogP contribution < -0.4 is 0 Å². The summed E-state index contributed by atoms with van der Waals surface area (Å²) in [5, 5.41) is 0. The fourth-order valence-corrected chi connectivity index (χ4v) is 1.02. The first-order valence-electron chi connectivity index (χ1n) is 3.53. The van der Waals surface area contributed by atoms with Crippen molar-refractivity contribution in [2.24, 2.45) is 10.9 Å². The zero-order valence-corrected chi connectivity index (χ0v) is 6.17. The average molecular weight is 126 g/mol. The Morgan fingerprint density at radius 1 is 1.67 bits per heavy atom. The molecule has 2 heteroatoms. The molecule has 0 spiro atoms. The molecule has 0 aromatic heterocycles. The van der Waals surface area contributed by atoms with Crippen LogP contribution in [-0.4, -0.2) is 30.9 Å². The highest BCUT2D eigenvalue weighted by Crippen LogP contribution is 1.99. The van der Waals surface area contributed by atoms with E-state index in [0.29, 0.717) is 0 Å². The molecule has 0 saturated heterocycles. The van der Waals surface area contributed by atoms with Crippen molar-refractivity contribution >= 4 is 6.34 Å². The van der Waals surface area contributed by atoms with Crippen molar-refractivity contribution in [2.45, 2.75) is 13.8 Å². The molecule has 1 rings (SSSR count). The molecule has 1 aliphatic rings. The van der Waals surface area contributed by atoms with Gasteiger partial charge in [-0.1, -0.05) is 13.8 Å². The highest BCUT2D eigenvalue weighted by atomic mass is 15.2. The molecule has 0 aromatic carbocycles. The SMILES string of the molecule is CC(C)CN1C=NCC1. The molecule has 1 heterocycles. The first-order valence-corrected chi connectivity index (χ1v) is 3.53. The Morgan fingerprint density at radius 3 is 2.89 bits per heavy atom. The van der Waals surface area contributed by atoms with Crippen LogP contribution in [0.1, 0.15) is 13.8 Å². The van der Waals surface area contributed by atoms with E-state index in [9.17, 15) is 0 Å². The van der Waals surface area contributed by atoms with E-state index < -0.39 is 0 Å². The van der Waals surface area contributed by atoms with E-state index in [1.807, 2.05) is 6.34 Å². The molecule has 0 aliphatic carbocycles. The lowest BCUT2D eigenvalue weighted by Crippen LogP contribution is -2.24. The smallest absolute Gasteiger partial charge is 0.0851 e. The van der Waals surface area contributed by atoms with Crippen LogP contribution >= 0.6 is 0 Å². The molecule has 0 amide bonds. The highest BCUT2D eigenvalue weighted by molar-refractivity contribution is 5.56. The first kappa shape index (κ1) is 6.59. The van der Waals surface area contributed by atoms with Crippen LogP contribution in [0.5, 0.6) is 0 Å². The summed E-state index contributed by atoms with van der Waals surface area (Å²) >= 11 is 0. The Hall–Kier alpha value is -0.530. The summed E-state index contributed by atoms with van der Waals surface area (Å²) < 4.78 is 0. The maximum atomic E-state index is 4.12. The summed E-state index contributed by atoms with van der Waals surface area (Å²) in [6.07, 6.45) is 1.96. The quantitative estimate of drug-likeness (QED) is 0.538. The van der Waals surface area contributed by atoms with Crippen molar-refractivity contribution in [1.29, 1.82) is 0 Å². The first-order chi connectivity index (χ1) is 4.29. The predicted molar refractivity (Wildman–Crippen MR) is 39.8 cm³/mol. The minimum Gasteiger partial charge on any atom is -0.361 e. The van der Waals surface area contributed by atoms with E-state index in [0.717, 1.165) is 25.6 Å². The monoisotopic (exact) mass is 126 g/mol. The topological polar surface area (TPSA) is 15.6 Å². The van der Waals surface area contributed by atoms with Crippen LogP contribution in [0.15, 0.2) is 4.99 Å². The minimum absolute atomic E-state index is 0.759. The third-order valence-corrected chi connectivity index (χ3v) is 1.36. The molecule has 0 bridgehead atoms. The highest BCUT2D eigenvalue weighted by Gasteiger charge is 2.05. The van der Waals surface area contributed by atoms with E-state index in [1.165, 1.54) is 0 Å². The minimum atomic E-state index is 0.759. The van der Waals surface area contributed by atoms with Crippen molar-refractivity contribution in [2.75, 3.05) is 19.6 Å². The molecule has 0 fully saturated rings. The number of nitrogens with zero attached hydrogens (tertiary/aromatic N) is 2. The number of hydrogen-bond acceptors (Lipinski definition) is 2. The summed E-state index contributed by atoms with van der Waals surface area (Å²) in [5.74, 6) is 0.759.